The zero-order valence-corrected chi connectivity index (χ0v) is 11.2. The number of carboxylic acids is 1. The topological polar surface area (TPSA) is 49.8 Å². The predicted molar refractivity (Wildman–Crippen MR) is 69.1 cm³/mol. The fourth-order valence-electron chi connectivity index (χ4n) is 1.51. The first kappa shape index (κ1) is 16.1. The van der Waals surface area contributed by atoms with E-state index in [2.05, 4.69) is 11.5 Å². The standard InChI is InChI=1S/C13H25NO3/c1-5-7-14(10-12(4)13(15)16)8-6-9-17-11(2)3/h5,11-12H,1,6-10H2,2-4H3,(H,15,16). The molecule has 1 unspecified atom stereocenters. The van der Waals surface area contributed by atoms with Crippen molar-refractivity contribution in [2.24, 2.45) is 5.92 Å². The Morgan fingerprint density at radius 1 is 1.47 bits per heavy atom. The largest absolute Gasteiger partial charge is 0.481 e. The van der Waals surface area contributed by atoms with Gasteiger partial charge in [-0.25, -0.2) is 0 Å². The summed E-state index contributed by atoms with van der Waals surface area (Å²) in [5, 5.41) is 8.87. The average Bonchev–Trinajstić information content (AvgIpc) is 2.23. The Morgan fingerprint density at radius 2 is 2.12 bits per heavy atom. The number of carbonyl (C=O) groups is 1. The van der Waals surface area contributed by atoms with Gasteiger partial charge in [-0.1, -0.05) is 13.0 Å². The van der Waals surface area contributed by atoms with Gasteiger partial charge in [0, 0.05) is 26.2 Å². The molecule has 100 valence electrons. The molecule has 0 fully saturated rings. The number of hydrogen-bond acceptors (Lipinski definition) is 3. The second kappa shape index (κ2) is 9.19. The van der Waals surface area contributed by atoms with Gasteiger partial charge in [0.1, 0.15) is 0 Å². The summed E-state index contributed by atoms with van der Waals surface area (Å²) >= 11 is 0. The molecule has 17 heavy (non-hydrogen) atoms. The molecule has 0 aliphatic rings. The van der Waals surface area contributed by atoms with Gasteiger partial charge in [-0.3, -0.25) is 9.69 Å². The van der Waals surface area contributed by atoms with Gasteiger partial charge in [-0.2, -0.15) is 0 Å². The molecule has 0 aromatic heterocycles. The van der Waals surface area contributed by atoms with Crippen molar-refractivity contribution in [1.82, 2.24) is 4.90 Å². The van der Waals surface area contributed by atoms with Crippen LogP contribution in [0.1, 0.15) is 27.2 Å². The number of rotatable bonds is 10. The molecular formula is C13H25NO3. The number of carboxylic acid groups (broad SMARTS) is 1. The summed E-state index contributed by atoms with van der Waals surface area (Å²) in [6.07, 6.45) is 2.97. The highest BCUT2D eigenvalue weighted by Crippen LogP contribution is 2.02. The van der Waals surface area contributed by atoms with E-state index in [0.717, 1.165) is 19.5 Å². The van der Waals surface area contributed by atoms with E-state index in [1.165, 1.54) is 0 Å². The molecule has 0 aromatic rings. The average molecular weight is 243 g/mol. The highest BCUT2D eigenvalue weighted by Gasteiger charge is 2.14. The molecule has 0 bridgehead atoms. The Kier molecular flexibility index (Phi) is 8.72. The molecule has 1 N–H and O–H groups in total. The SMILES string of the molecule is C=CCN(CCCOC(C)C)CC(C)C(=O)O. The van der Waals surface area contributed by atoms with Crippen molar-refractivity contribution in [1.29, 1.82) is 0 Å². The zero-order valence-electron chi connectivity index (χ0n) is 11.2. The minimum absolute atomic E-state index is 0.251. The lowest BCUT2D eigenvalue weighted by atomic mass is 10.1. The summed E-state index contributed by atoms with van der Waals surface area (Å²) in [5.41, 5.74) is 0. The van der Waals surface area contributed by atoms with E-state index in [9.17, 15) is 4.79 Å². The maximum absolute atomic E-state index is 10.8. The summed E-state index contributed by atoms with van der Waals surface area (Å²) in [4.78, 5) is 12.9. The van der Waals surface area contributed by atoms with Crippen molar-refractivity contribution >= 4 is 5.97 Å². The molecule has 0 saturated carbocycles. The highest BCUT2D eigenvalue weighted by atomic mass is 16.5. The summed E-state index contributed by atoms with van der Waals surface area (Å²) in [6, 6.07) is 0. The van der Waals surface area contributed by atoms with Crippen molar-refractivity contribution < 1.29 is 14.6 Å². The monoisotopic (exact) mass is 243 g/mol. The van der Waals surface area contributed by atoms with Crippen LogP contribution in [0.25, 0.3) is 0 Å². The predicted octanol–water partition coefficient (Wildman–Crippen LogP) is 2.01. The Morgan fingerprint density at radius 3 is 2.59 bits per heavy atom. The summed E-state index contributed by atoms with van der Waals surface area (Å²) in [6.45, 7) is 12.3. The second-order valence-corrected chi connectivity index (χ2v) is 4.56. The number of nitrogens with zero attached hydrogens (tertiary/aromatic N) is 1. The molecule has 0 radical (unpaired) electrons. The fraction of sp³-hybridized carbons (Fsp3) is 0.769. The van der Waals surface area contributed by atoms with Crippen molar-refractivity contribution in [2.75, 3.05) is 26.2 Å². The van der Waals surface area contributed by atoms with Crippen LogP contribution in [0.4, 0.5) is 0 Å². The first-order chi connectivity index (χ1) is 7.97. The molecular weight excluding hydrogens is 218 g/mol. The summed E-state index contributed by atoms with van der Waals surface area (Å²) in [5.74, 6) is -1.10. The molecule has 0 aliphatic heterocycles. The first-order valence-corrected chi connectivity index (χ1v) is 6.15. The Hall–Kier alpha value is -0.870. The number of aliphatic carboxylic acids is 1. The van der Waals surface area contributed by atoms with Crippen molar-refractivity contribution in [2.45, 2.75) is 33.3 Å². The molecule has 0 spiro atoms. The van der Waals surface area contributed by atoms with Crippen molar-refractivity contribution in [3.05, 3.63) is 12.7 Å². The Balaban J connectivity index is 3.89. The van der Waals surface area contributed by atoms with Gasteiger partial charge < -0.3 is 9.84 Å². The lowest BCUT2D eigenvalue weighted by molar-refractivity contribution is -0.141. The lowest BCUT2D eigenvalue weighted by Crippen LogP contribution is -2.33. The molecule has 0 aromatic carbocycles. The van der Waals surface area contributed by atoms with E-state index in [-0.39, 0.29) is 12.0 Å². The molecule has 4 nitrogen and oxygen atoms in total. The van der Waals surface area contributed by atoms with Gasteiger partial charge >= 0.3 is 5.97 Å². The Labute approximate surface area is 104 Å². The molecule has 4 heteroatoms. The molecule has 0 amide bonds. The van der Waals surface area contributed by atoms with Crippen LogP contribution in [0.5, 0.6) is 0 Å². The molecule has 1 atom stereocenters. The van der Waals surface area contributed by atoms with Crippen LogP contribution in [0.3, 0.4) is 0 Å². The van der Waals surface area contributed by atoms with Crippen LogP contribution in [-0.4, -0.2) is 48.3 Å². The maximum atomic E-state index is 10.8. The normalized spacial score (nSPS) is 13.0. The molecule has 0 heterocycles. The zero-order chi connectivity index (χ0) is 13.3. The first-order valence-electron chi connectivity index (χ1n) is 6.15. The van der Waals surface area contributed by atoms with Gasteiger partial charge in [0.05, 0.1) is 12.0 Å². The van der Waals surface area contributed by atoms with Gasteiger partial charge in [0.25, 0.3) is 0 Å². The summed E-state index contributed by atoms with van der Waals surface area (Å²) < 4.78 is 5.45. The van der Waals surface area contributed by atoms with E-state index < -0.39 is 5.97 Å². The minimum atomic E-state index is -0.752. The van der Waals surface area contributed by atoms with Crippen molar-refractivity contribution in [3.63, 3.8) is 0 Å². The molecule has 0 rings (SSSR count). The van der Waals surface area contributed by atoms with Crippen LogP contribution in [0.15, 0.2) is 12.7 Å². The third-order valence-corrected chi connectivity index (χ3v) is 2.41. The third-order valence-electron chi connectivity index (χ3n) is 2.41. The van der Waals surface area contributed by atoms with Crippen molar-refractivity contribution in [3.8, 4) is 0 Å². The minimum Gasteiger partial charge on any atom is -0.481 e. The highest BCUT2D eigenvalue weighted by molar-refractivity contribution is 5.69. The molecule has 0 aliphatic carbocycles. The number of hydrogen-bond donors (Lipinski definition) is 1. The van der Waals surface area contributed by atoms with E-state index in [1.54, 1.807) is 13.0 Å². The quantitative estimate of drug-likeness (QED) is 0.471. The Bertz CT molecular complexity index is 229. The van der Waals surface area contributed by atoms with Crippen LogP contribution < -0.4 is 0 Å². The van der Waals surface area contributed by atoms with Gasteiger partial charge in [0.15, 0.2) is 0 Å². The smallest absolute Gasteiger partial charge is 0.307 e. The van der Waals surface area contributed by atoms with Crippen LogP contribution in [-0.2, 0) is 9.53 Å². The second-order valence-electron chi connectivity index (χ2n) is 4.56. The fourth-order valence-corrected chi connectivity index (χ4v) is 1.51. The van der Waals surface area contributed by atoms with Gasteiger partial charge in [0.2, 0.25) is 0 Å². The van der Waals surface area contributed by atoms with Crippen LogP contribution >= 0.6 is 0 Å². The van der Waals surface area contributed by atoms with E-state index in [0.29, 0.717) is 13.2 Å². The van der Waals surface area contributed by atoms with E-state index >= 15 is 0 Å². The van der Waals surface area contributed by atoms with Gasteiger partial charge in [-0.05, 0) is 20.3 Å². The van der Waals surface area contributed by atoms with Crippen LogP contribution in [0, 0.1) is 5.92 Å². The van der Waals surface area contributed by atoms with Crippen LogP contribution in [0.2, 0.25) is 0 Å². The number of ether oxygens (including phenoxy) is 1. The summed E-state index contributed by atoms with van der Waals surface area (Å²) in [7, 11) is 0. The van der Waals surface area contributed by atoms with E-state index in [4.69, 9.17) is 9.84 Å². The van der Waals surface area contributed by atoms with Gasteiger partial charge in [-0.15, -0.1) is 6.58 Å². The maximum Gasteiger partial charge on any atom is 0.307 e. The van der Waals surface area contributed by atoms with E-state index in [1.807, 2.05) is 13.8 Å². The third kappa shape index (κ3) is 8.89. The lowest BCUT2D eigenvalue weighted by Gasteiger charge is -2.22. The molecule has 0 saturated heterocycles.